The number of fused-ring (bicyclic) bond motifs is 4. The first-order valence-corrected chi connectivity index (χ1v) is 10.6. The number of amides is 1. The largest absolute Gasteiger partial charge is 0.394 e. The second-order valence-corrected chi connectivity index (χ2v) is 9.04. The fourth-order valence-electron chi connectivity index (χ4n) is 5.34. The van der Waals surface area contributed by atoms with Gasteiger partial charge in [-0.05, 0) is 56.6 Å². The lowest BCUT2D eigenvalue weighted by Crippen LogP contribution is -2.41. The molecule has 1 aromatic heterocycles. The van der Waals surface area contributed by atoms with Gasteiger partial charge in [-0.15, -0.1) is 0 Å². The van der Waals surface area contributed by atoms with Crippen LogP contribution in [0.3, 0.4) is 0 Å². The Morgan fingerprint density at radius 1 is 1.26 bits per heavy atom. The second-order valence-electron chi connectivity index (χ2n) is 8.19. The predicted octanol–water partition coefficient (Wildman–Crippen LogP) is 4.11. The lowest BCUT2D eigenvalue weighted by molar-refractivity contribution is -0.114. The van der Waals surface area contributed by atoms with Gasteiger partial charge in [0.2, 0.25) is 5.91 Å². The minimum atomic E-state index is -0.423. The Labute approximate surface area is 167 Å². The Balaban J connectivity index is 2.06. The Morgan fingerprint density at radius 3 is 2.44 bits per heavy atom. The van der Waals surface area contributed by atoms with Crippen LogP contribution in [-0.4, -0.2) is 33.9 Å². The van der Waals surface area contributed by atoms with Crippen molar-refractivity contribution < 1.29 is 15.0 Å². The van der Waals surface area contributed by atoms with Crippen LogP contribution in [-0.2, 0) is 10.2 Å². The van der Waals surface area contributed by atoms with Crippen LogP contribution in [0.25, 0.3) is 10.9 Å². The molecule has 5 rings (SSSR count). The third-order valence-corrected chi connectivity index (χ3v) is 7.32. The topological polar surface area (TPSA) is 74.5 Å². The van der Waals surface area contributed by atoms with Crippen LogP contribution >= 0.6 is 15.9 Å². The molecule has 0 spiro atoms. The van der Waals surface area contributed by atoms with E-state index in [2.05, 4.69) is 25.8 Å². The Bertz CT molecular complexity index is 850. The van der Waals surface area contributed by atoms with Gasteiger partial charge in [0.1, 0.15) is 0 Å². The molecule has 3 fully saturated rings. The fraction of sp³-hybridized carbons (Fsp3) is 0.571. The number of anilines is 1. The molecule has 3 N–H and O–H groups in total. The highest BCUT2D eigenvalue weighted by atomic mass is 79.9. The summed E-state index contributed by atoms with van der Waals surface area (Å²) in [5.74, 6) is 0.726. The molecule has 146 valence electrons. The molecule has 1 aromatic carbocycles. The highest BCUT2D eigenvalue weighted by molar-refractivity contribution is 9.10. The molecule has 2 aromatic rings. The Hall–Kier alpha value is -1.37. The smallest absolute Gasteiger partial charge is 0.221 e. The van der Waals surface area contributed by atoms with Crippen LogP contribution < -0.4 is 5.32 Å². The molecule has 0 unspecified atom stereocenters. The number of aliphatic hydroxyl groups is 2. The summed E-state index contributed by atoms with van der Waals surface area (Å²) < 4.78 is 3.02. The first-order chi connectivity index (χ1) is 13.0. The molecule has 1 amide bonds. The maximum atomic E-state index is 12.1. The van der Waals surface area contributed by atoms with Gasteiger partial charge >= 0.3 is 0 Å². The summed E-state index contributed by atoms with van der Waals surface area (Å²) in [6.45, 7) is 1.25. The molecular formula is C21H27BrN2O3. The van der Waals surface area contributed by atoms with Gasteiger partial charge in [0, 0.05) is 27.9 Å². The zero-order chi connectivity index (χ0) is 19.2. The third kappa shape index (κ3) is 3.02. The molecule has 2 bridgehead atoms. The summed E-state index contributed by atoms with van der Waals surface area (Å²) in [6.07, 6.45) is 6.94. The number of carbonyl (C=O) groups is 1. The molecule has 0 aliphatic heterocycles. The van der Waals surface area contributed by atoms with Crippen molar-refractivity contribution in [2.75, 3.05) is 18.5 Å². The van der Waals surface area contributed by atoms with E-state index in [-0.39, 0.29) is 24.5 Å². The van der Waals surface area contributed by atoms with Crippen molar-refractivity contribution in [2.24, 2.45) is 5.92 Å². The highest BCUT2D eigenvalue weighted by Gasteiger charge is 2.46. The third-order valence-electron chi connectivity index (χ3n) is 6.66. The normalized spacial score (nSPS) is 24.7. The fourth-order valence-corrected chi connectivity index (χ4v) is 5.90. The van der Waals surface area contributed by atoms with Gasteiger partial charge in [-0.25, -0.2) is 0 Å². The summed E-state index contributed by atoms with van der Waals surface area (Å²) in [6, 6.07) is 5.53. The number of aliphatic hydroxyl groups excluding tert-OH is 2. The molecule has 27 heavy (non-hydrogen) atoms. The summed E-state index contributed by atoms with van der Waals surface area (Å²) >= 11 is 3.66. The van der Waals surface area contributed by atoms with Crippen molar-refractivity contribution >= 4 is 38.4 Å². The number of nitrogens with zero attached hydrogens (tertiary/aromatic N) is 1. The van der Waals surface area contributed by atoms with Gasteiger partial charge in [-0.1, -0.05) is 22.0 Å². The maximum absolute atomic E-state index is 12.1. The van der Waals surface area contributed by atoms with E-state index in [9.17, 15) is 15.0 Å². The maximum Gasteiger partial charge on any atom is 0.221 e. The van der Waals surface area contributed by atoms with Crippen LogP contribution in [0.4, 0.5) is 5.69 Å². The summed E-state index contributed by atoms with van der Waals surface area (Å²) in [5, 5.41) is 24.1. The highest BCUT2D eigenvalue weighted by Crippen LogP contribution is 2.56. The van der Waals surface area contributed by atoms with E-state index in [0.29, 0.717) is 0 Å². The standard InChI is InChI=1S/C21H27BrN2O3/c1-13(27)23-19-18-16(22)3-2-4-17(18)24(15(11-25)12-26)20(19)21-8-5-14(6-9-21)7-10-21/h2-4,14-15,25-26H,5-12H2,1H3,(H,23,27). The van der Waals surface area contributed by atoms with Crippen LogP contribution in [0.15, 0.2) is 22.7 Å². The molecule has 3 aliphatic rings. The van der Waals surface area contributed by atoms with Gasteiger partial charge in [0.25, 0.3) is 0 Å². The molecule has 6 heteroatoms. The van der Waals surface area contributed by atoms with E-state index in [4.69, 9.17) is 0 Å². The molecule has 3 saturated carbocycles. The van der Waals surface area contributed by atoms with E-state index < -0.39 is 6.04 Å². The van der Waals surface area contributed by atoms with E-state index in [1.54, 1.807) is 0 Å². The van der Waals surface area contributed by atoms with Crippen LogP contribution in [0.1, 0.15) is 57.2 Å². The van der Waals surface area contributed by atoms with Gasteiger partial charge < -0.3 is 20.1 Å². The predicted molar refractivity (Wildman–Crippen MR) is 110 cm³/mol. The zero-order valence-electron chi connectivity index (χ0n) is 15.7. The monoisotopic (exact) mass is 434 g/mol. The second kappa shape index (κ2) is 7.22. The van der Waals surface area contributed by atoms with Crippen molar-refractivity contribution in [2.45, 2.75) is 56.9 Å². The minimum absolute atomic E-state index is 0.00637. The first-order valence-electron chi connectivity index (χ1n) is 9.83. The van der Waals surface area contributed by atoms with Crippen molar-refractivity contribution in [3.63, 3.8) is 0 Å². The lowest BCUT2D eigenvalue weighted by atomic mass is 9.59. The van der Waals surface area contributed by atoms with Crippen molar-refractivity contribution in [1.29, 1.82) is 0 Å². The number of halogens is 1. The number of carbonyl (C=O) groups excluding carboxylic acids is 1. The number of aromatic nitrogens is 1. The molecule has 3 aliphatic carbocycles. The first kappa shape index (κ1) is 19.0. The number of hydrogen-bond acceptors (Lipinski definition) is 3. The molecule has 0 saturated heterocycles. The van der Waals surface area contributed by atoms with Gasteiger partial charge in [0.05, 0.1) is 30.5 Å². The van der Waals surface area contributed by atoms with E-state index >= 15 is 0 Å². The van der Waals surface area contributed by atoms with E-state index in [1.807, 2.05) is 18.2 Å². The summed E-state index contributed by atoms with van der Waals surface area (Å²) in [4.78, 5) is 12.1. The average Bonchev–Trinajstić information content (AvgIpc) is 3.00. The number of rotatable bonds is 5. The van der Waals surface area contributed by atoms with Crippen LogP contribution in [0, 0.1) is 5.92 Å². The van der Waals surface area contributed by atoms with E-state index in [0.717, 1.165) is 51.9 Å². The van der Waals surface area contributed by atoms with Crippen molar-refractivity contribution in [1.82, 2.24) is 4.57 Å². The number of benzene rings is 1. The van der Waals surface area contributed by atoms with E-state index in [1.165, 1.54) is 26.2 Å². The van der Waals surface area contributed by atoms with Gasteiger partial charge in [0.15, 0.2) is 0 Å². The van der Waals surface area contributed by atoms with Gasteiger partial charge in [-0.3, -0.25) is 4.79 Å². The molecule has 1 heterocycles. The average molecular weight is 435 g/mol. The van der Waals surface area contributed by atoms with Crippen LogP contribution in [0.5, 0.6) is 0 Å². The summed E-state index contributed by atoms with van der Waals surface area (Å²) in [7, 11) is 0. The molecule has 0 radical (unpaired) electrons. The van der Waals surface area contributed by atoms with Crippen LogP contribution in [0.2, 0.25) is 0 Å². The summed E-state index contributed by atoms with van der Waals surface area (Å²) in [5.41, 5.74) is 2.87. The zero-order valence-corrected chi connectivity index (χ0v) is 17.3. The van der Waals surface area contributed by atoms with Crippen molar-refractivity contribution in [3.8, 4) is 0 Å². The quantitative estimate of drug-likeness (QED) is 0.662. The molecule has 0 atom stereocenters. The van der Waals surface area contributed by atoms with Gasteiger partial charge in [-0.2, -0.15) is 0 Å². The Morgan fingerprint density at radius 2 is 1.89 bits per heavy atom. The minimum Gasteiger partial charge on any atom is -0.394 e. The Kier molecular flexibility index (Phi) is 5.08. The molecular weight excluding hydrogens is 408 g/mol. The molecule has 5 nitrogen and oxygen atoms in total. The lowest BCUT2D eigenvalue weighted by Gasteiger charge is -2.48. The SMILES string of the molecule is CC(=O)Nc1c(C23CCC(CC2)CC3)n(C(CO)CO)c2cccc(Br)c12. The van der Waals surface area contributed by atoms with Crippen molar-refractivity contribution in [3.05, 3.63) is 28.4 Å². The number of nitrogens with one attached hydrogen (secondary N) is 1. The number of hydrogen-bond donors (Lipinski definition) is 3.